The largest absolute Gasteiger partial charge is 0.397 e. The molecule has 1 amide bonds. The summed E-state index contributed by atoms with van der Waals surface area (Å²) in [5.74, 6) is -0.927. The maximum absolute atomic E-state index is 14.3. The first-order valence-corrected chi connectivity index (χ1v) is 10.7. The number of anilines is 1. The van der Waals surface area contributed by atoms with Crippen molar-refractivity contribution in [2.75, 3.05) is 18.8 Å². The third kappa shape index (κ3) is 5.35. The van der Waals surface area contributed by atoms with Gasteiger partial charge in [-0.2, -0.15) is 0 Å². The molecule has 0 atom stereocenters. The van der Waals surface area contributed by atoms with Gasteiger partial charge >= 0.3 is 0 Å². The highest BCUT2D eigenvalue weighted by Gasteiger charge is 2.19. The van der Waals surface area contributed by atoms with Crippen LogP contribution in [-0.2, 0) is 0 Å². The number of halogens is 1. The molecule has 1 fully saturated rings. The van der Waals surface area contributed by atoms with Crippen LogP contribution in [0, 0.1) is 5.82 Å². The number of pyridine rings is 1. The van der Waals surface area contributed by atoms with Crippen molar-refractivity contribution in [3.8, 4) is 11.3 Å². The van der Waals surface area contributed by atoms with Crippen molar-refractivity contribution in [3.05, 3.63) is 78.0 Å². The number of nitrogens with zero attached hydrogens (tertiary/aromatic N) is 2. The number of amides is 1. The molecule has 0 aliphatic carbocycles. The Morgan fingerprint density at radius 1 is 1.26 bits per heavy atom. The average molecular weight is 439 g/mol. The number of carbonyl (C=O) groups excluding carboxylic acids is 1. The van der Waals surface area contributed by atoms with Gasteiger partial charge in [0.15, 0.2) is 5.69 Å². The summed E-state index contributed by atoms with van der Waals surface area (Å²) >= 11 is 4.26. The summed E-state index contributed by atoms with van der Waals surface area (Å²) in [5, 5.41) is 2.89. The van der Waals surface area contributed by atoms with Gasteiger partial charge in [0.25, 0.3) is 5.91 Å². The first-order valence-electron chi connectivity index (χ1n) is 10.3. The molecule has 0 saturated carbocycles. The zero-order valence-corrected chi connectivity index (χ0v) is 18.5. The first kappa shape index (κ1) is 22.6. The van der Waals surface area contributed by atoms with Crippen molar-refractivity contribution >= 4 is 24.2 Å². The summed E-state index contributed by atoms with van der Waals surface area (Å²) in [6.45, 7) is 7.64. The highest BCUT2D eigenvalue weighted by molar-refractivity contribution is 7.80. The number of likely N-dealkylation sites (tertiary alicyclic amines) is 1. The number of piperidine rings is 1. The fourth-order valence-corrected chi connectivity index (χ4v) is 3.77. The molecule has 1 aliphatic heterocycles. The Morgan fingerprint density at radius 2 is 2.00 bits per heavy atom. The van der Waals surface area contributed by atoms with E-state index in [9.17, 15) is 9.18 Å². The Balaban J connectivity index is 1.96. The highest BCUT2D eigenvalue weighted by atomic mass is 32.1. The number of nitrogens with two attached hydrogens (primary N) is 1. The molecule has 3 rings (SSSR count). The number of carbonyl (C=O) groups is 1. The van der Waals surface area contributed by atoms with Crippen LogP contribution < -0.4 is 11.1 Å². The van der Waals surface area contributed by atoms with Crippen molar-refractivity contribution in [3.63, 3.8) is 0 Å². The number of benzene rings is 1. The highest BCUT2D eigenvalue weighted by Crippen LogP contribution is 2.26. The second kappa shape index (κ2) is 10.3. The molecule has 1 aromatic heterocycles. The molecule has 1 aliphatic rings. The lowest BCUT2D eigenvalue weighted by atomic mass is 10.1. The number of nitrogens with one attached hydrogen (secondary N) is 1. The lowest BCUT2D eigenvalue weighted by Crippen LogP contribution is -2.33. The summed E-state index contributed by atoms with van der Waals surface area (Å²) in [7, 11) is 0. The predicted molar refractivity (Wildman–Crippen MR) is 126 cm³/mol. The standard InChI is InChI=1S/C24H27FN4OS/c1-3-8-22(29-13-6-5-7-14-29)20(4-2)28-24(30)23-19(26)11-12-21(27-23)17-15-16(31)9-10-18(17)25/h3-4,8-12,15,31H,2,5-7,13-14,26H2,1H3,(H,28,30)/b8-3-,22-20-. The Bertz CT molecular complexity index is 1040. The minimum Gasteiger partial charge on any atom is -0.397 e. The van der Waals surface area contributed by atoms with Crippen molar-refractivity contribution in [2.24, 2.45) is 0 Å². The average Bonchev–Trinajstić information content (AvgIpc) is 2.78. The summed E-state index contributed by atoms with van der Waals surface area (Å²) < 4.78 is 14.3. The topological polar surface area (TPSA) is 71.2 Å². The van der Waals surface area contributed by atoms with Gasteiger partial charge in [0, 0.05) is 23.5 Å². The number of allylic oxidation sites excluding steroid dienone is 3. The van der Waals surface area contributed by atoms with Gasteiger partial charge in [0.05, 0.1) is 22.8 Å². The van der Waals surface area contributed by atoms with E-state index in [4.69, 9.17) is 5.73 Å². The van der Waals surface area contributed by atoms with Crippen molar-refractivity contribution in [1.82, 2.24) is 15.2 Å². The third-order valence-corrected chi connectivity index (χ3v) is 5.40. The maximum Gasteiger partial charge on any atom is 0.276 e. The fourth-order valence-electron chi connectivity index (χ4n) is 3.57. The maximum atomic E-state index is 14.3. The molecule has 5 nitrogen and oxygen atoms in total. The van der Waals surface area contributed by atoms with Gasteiger partial charge in [-0.05, 0) is 68.7 Å². The van der Waals surface area contributed by atoms with Gasteiger partial charge in [-0.3, -0.25) is 4.79 Å². The SMILES string of the molecule is C=C/C(NC(=O)c1nc(-c2cc(S)ccc2F)ccc1N)=C(\C=C/C)N1CCCCC1. The summed E-state index contributed by atoms with van der Waals surface area (Å²) in [4.78, 5) is 20.3. The molecule has 1 saturated heterocycles. The Hall–Kier alpha value is -3.06. The number of aromatic nitrogens is 1. The third-order valence-electron chi connectivity index (χ3n) is 5.12. The molecule has 31 heavy (non-hydrogen) atoms. The van der Waals surface area contributed by atoms with E-state index in [0.717, 1.165) is 31.6 Å². The molecule has 0 unspecified atom stereocenters. The number of rotatable bonds is 6. The minimum atomic E-state index is -0.476. The van der Waals surface area contributed by atoms with E-state index in [1.54, 1.807) is 30.3 Å². The zero-order valence-electron chi connectivity index (χ0n) is 17.6. The van der Waals surface area contributed by atoms with E-state index in [-0.39, 0.29) is 16.9 Å². The van der Waals surface area contributed by atoms with Crippen molar-refractivity contribution in [1.29, 1.82) is 0 Å². The molecule has 0 spiro atoms. The summed E-state index contributed by atoms with van der Waals surface area (Å²) in [6.07, 6.45) is 8.92. The van der Waals surface area contributed by atoms with E-state index >= 15 is 0 Å². The normalized spacial score (nSPS) is 15.0. The van der Waals surface area contributed by atoms with Crippen molar-refractivity contribution < 1.29 is 9.18 Å². The smallest absolute Gasteiger partial charge is 0.276 e. The first-order chi connectivity index (χ1) is 14.9. The van der Waals surface area contributed by atoms with Crippen LogP contribution in [0.25, 0.3) is 11.3 Å². The van der Waals surface area contributed by atoms with E-state index in [1.165, 1.54) is 12.5 Å². The number of thiol groups is 1. The minimum absolute atomic E-state index is 0.0271. The summed E-state index contributed by atoms with van der Waals surface area (Å²) in [5.41, 5.74) is 8.31. The number of nitrogen functional groups attached to an aromatic ring is 1. The van der Waals surface area contributed by atoms with Gasteiger partial charge in [0.1, 0.15) is 5.82 Å². The van der Waals surface area contributed by atoms with E-state index in [1.807, 2.05) is 19.1 Å². The van der Waals surface area contributed by atoms with Crippen LogP contribution in [0.2, 0.25) is 0 Å². The van der Waals surface area contributed by atoms with Gasteiger partial charge in [0.2, 0.25) is 0 Å². The second-order valence-corrected chi connectivity index (χ2v) is 7.82. The lowest BCUT2D eigenvalue weighted by Gasteiger charge is -2.31. The monoisotopic (exact) mass is 438 g/mol. The number of hydrogen-bond donors (Lipinski definition) is 3. The van der Waals surface area contributed by atoms with Crippen LogP contribution >= 0.6 is 12.6 Å². The molecule has 2 heterocycles. The van der Waals surface area contributed by atoms with Crippen LogP contribution in [0.4, 0.5) is 10.1 Å². The molecule has 1 aromatic carbocycles. The van der Waals surface area contributed by atoms with Crippen LogP contribution in [0.15, 0.2) is 71.4 Å². The molecule has 2 aromatic rings. The Labute approximate surface area is 188 Å². The van der Waals surface area contributed by atoms with Crippen molar-refractivity contribution in [2.45, 2.75) is 31.1 Å². The van der Waals surface area contributed by atoms with E-state index in [0.29, 0.717) is 16.3 Å². The van der Waals surface area contributed by atoms with Crippen LogP contribution in [-0.4, -0.2) is 28.9 Å². The zero-order chi connectivity index (χ0) is 22.4. The molecule has 3 N–H and O–H groups in total. The molecule has 0 bridgehead atoms. The molecule has 0 radical (unpaired) electrons. The Kier molecular flexibility index (Phi) is 7.52. The van der Waals surface area contributed by atoms with E-state index < -0.39 is 11.7 Å². The van der Waals surface area contributed by atoms with Gasteiger partial charge in [-0.1, -0.05) is 12.7 Å². The molecule has 162 valence electrons. The van der Waals surface area contributed by atoms with Crippen LogP contribution in [0.5, 0.6) is 0 Å². The van der Waals surface area contributed by atoms with Crippen LogP contribution in [0.3, 0.4) is 0 Å². The predicted octanol–water partition coefficient (Wildman–Crippen LogP) is 4.95. The van der Waals surface area contributed by atoms with Gasteiger partial charge in [-0.15, -0.1) is 12.6 Å². The molecular formula is C24H27FN4OS. The van der Waals surface area contributed by atoms with E-state index in [2.05, 4.69) is 34.4 Å². The fraction of sp³-hybridized carbons (Fsp3) is 0.250. The lowest BCUT2D eigenvalue weighted by molar-refractivity contribution is 0.0962. The van der Waals surface area contributed by atoms with Crippen LogP contribution in [0.1, 0.15) is 36.7 Å². The van der Waals surface area contributed by atoms with Gasteiger partial charge < -0.3 is 16.0 Å². The molecular weight excluding hydrogens is 411 g/mol. The Morgan fingerprint density at radius 3 is 2.68 bits per heavy atom. The summed E-state index contributed by atoms with van der Waals surface area (Å²) in [6, 6.07) is 7.57. The second-order valence-electron chi connectivity index (χ2n) is 7.30. The van der Waals surface area contributed by atoms with Gasteiger partial charge in [-0.25, -0.2) is 9.37 Å². The number of hydrogen-bond acceptors (Lipinski definition) is 5. The quantitative estimate of drug-likeness (QED) is 0.441. The molecule has 7 heteroatoms.